The molecule has 1 heterocycles. The van der Waals surface area contributed by atoms with E-state index in [2.05, 4.69) is 18.8 Å². The first-order valence-electron chi connectivity index (χ1n) is 3.16. The Kier molecular flexibility index (Phi) is 2.01. The van der Waals surface area contributed by atoms with Gasteiger partial charge in [-0.2, -0.15) is 0 Å². The van der Waals surface area contributed by atoms with Gasteiger partial charge >= 0.3 is 0 Å². The van der Waals surface area contributed by atoms with Crippen molar-refractivity contribution in [3.8, 4) is 0 Å². The Balaban J connectivity index is 2.58. The van der Waals surface area contributed by atoms with Gasteiger partial charge in [-0.05, 0) is 12.8 Å². The number of nitrogens with zero attached hydrogens (tertiary/aromatic N) is 1. The van der Waals surface area contributed by atoms with Gasteiger partial charge < -0.3 is 5.73 Å². The van der Waals surface area contributed by atoms with Gasteiger partial charge in [-0.15, -0.1) is 0 Å². The second-order valence-corrected chi connectivity index (χ2v) is 3.54. The molecule has 0 unspecified atom stereocenters. The summed E-state index contributed by atoms with van der Waals surface area (Å²) >= 11 is 1.66. The molecule has 3 heteroatoms. The quantitative estimate of drug-likeness (QED) is 0.552. The summed E-state index contributed by atoms with van der Waals surface area (Å²) < 4.78 is 0. The van der Waals surface area contributed by atoms with Crippen LogP contribution in [0.5, 0.6) is 0 Å². The van der Waals surface area contributed by atoms with Gasteiger partial charge in [0.1, 0.15) is 0 Å². The zero-order valence-electron chi connectivity index (χ0n) is 5.79. The summed E-state index contributed by atoms with van der Waals surface area (Å²) in [5, 5.41) is 0.751. The van der Waals surface area contributed by atoms with Crippen LogP contribution in [-0.2, 0) is 0 Å². The standard InChI is InChI=1S/C6H12N2S/c1-4-3-9-6(7)8-5(4)2/h4-5H,3H2,1-2H3,(H2,7,8)/t4-,5+/m1/s1. The summed E-state index contributed by atoms with van der Waals surface area (Å²) in [6.07, 6.45) is 0. The third kappa shape index (κ3) is 1.61. The maximum absolute atomic E-state index is 5.50. The van der Waals surface area contributed by atoms with Crippen LogP contribution in [0.15, 0.2) is 4.99 Å². The second kappa shape index (κ2) is 2.60. The molecule has 0 fully saturated rings. The smallest absolute Gasteiger partial charge is 0.154 e. The van der Waals surface area contributed by atoms with E-state index in [9.17, 15) is 0 Å². The Labute approximate surface area is 59.9 Å². The van der Waals surface area contributed by atoms with Crippen molar-refractivity contribution in [3.63, 3.8) is 0 Å². The van der Waals surface area contributed by atoms with Crippen LogP contribution in [0.2, 0.25) is 0 Å². The Hall–Kier alpha value is -0.180. The highest BCUT2D eigenvalue weighted by atomic mass is 32.2. The van der Waals surface area contributed by atoms with Gasteiger partial charge in [0.25, 0.3) is 0 Å². The highest BCUT2D eigenvalue weighted by Crippen LogP contribution is 2.19. The van der Waals surface area contributed by atoms with Gasteiger partial charge in [-0.1, -0.05) is 18.7 Å². The van der Waals surface area contributed by atoms with E-state index in [1.807, 2.05) is 0 Å². The Morgan fingerprint density at radius 1 is 1.67 bits per heavy atom. The summed E-state index contributed by atoms with van der Waals surface area (Å²) in [5.41, 5.74) is 5.50. The van der Waals surface area contributed by atoms with Crippen molar-refractivity contribution >= 4 is 16.9 Å². The highest BCUT2D eigenvalue weighted by molar-refractivity contribution is 8.13. The summed E-state index contributed by atoms with van der Waals surface area (Å²) in [7, 11) is 0. The lowest BCUT2D eigenvalue weighted by molar-refractivity contribution is 0.536. The van der Waals surface area contributed by atoms with Crippen LogP contribution >= 0.6 is 11.8 Å². The molecule has 0 saturated carbocycles. The molecule has 52 valence electrons. The van der Waals surface area contributed by atoms with E-state index in [4.69, 9.17) is 5.73 Å². The van der Waals surface area contributed by atoms with Crippen LogP contribution in [0.3, 0.4) is 0 Å². The van der Waals surface area contributed by atoms with Crippen molar-refractivity contribution in [2.75, 3.05) is 5.75 Å². The molecule has 0 aromatic heterocycles. The maximum atomic E-state index is 5.50. The number of amidine groups is 1. The third-order valence-corrected chi connectivity index (χ3v) is 2.74. The van der Waals surface area contributed by atoms with Crippen molar-refractivity contribution in [1.82, 2.24) is 0 Å². The molecular formula is C6H12N2S. The predicted octanol–water partition coefficient (Wildman–Crippen LogP) is 1.07. The first-order valence-corrected chi connectivity index (χ1v) is 4.15. The SMILES string of the molecule is C[C@@H]1CSC(N)=N[C@H]1C. The van der Waals surface area contributed by atoms with Gasteiger partial charge in [-0.3, -0.25) is 4.99 Å². The van der Waals surface area contributed by atoms with E-state index < -0.39 is 0 Å². The normalized spacial score (nSPS) is 36.0. The van der Waals surface area contributed by atoms with Crippen molar-refractivity contribution in [2.45, 2.75) is 19.9 Å². The number of aliphatic imine (C=N–C) groups is 1. The van der Waals surface area contributed by atoms with Crippen LogP contribution in [-0.4, -0.2) is 17.0 Å². The number of thioether (sulfide) groups is 1. The predicted molar refractivity (Wildman–Crippen MR) is 42.7 cm³/mol. The average molecular weight is 144 g/mol. The van der Waals surface area contributed by atoms with E-state index >= 15 is 0 Å². The van der Waals surface area contributed by atoms with Crippen LogP contribution in [0.25, 0.3) is 0 Å². The molecule has 1 rings (SSSR count). The van der Waals surface area contributed by atoms with E-state index in [0.29, 0.717) is 12.0 Å². The lowest BCUT2D eigenvalue weighted by Crippen LogP contribution is -2.25. The fourth-order valence-electron chi connectivity index (χ4n) is 0.721. The topological polar surface area (TPSA) is 38.4 Å². The average Bonchev–Trinajstić information content (AvgIpc) is 1.80. The Morgan fingerprint density at radius 2 is 2.33 bits per heavy atom. The molecule has 1 aliphatic rings. The molecule has 0 spiro atoms. The number of hydrogen-bond donors (Lipinski definition) is 1. The minimum absolute atomic E-state index is 0.422. The van der Waals surface area contributed by atoms with E-state index in [-0.39, 0.29) is 0 Å². The number of nitrogens with two attached hydrogens (primary N) is 1. The molecule has 0 radical (unpaired) electrons. The van der Waals surface area contributed by atoms with Crippen molar-refractivity contribution < 1.29 is 0 Å². The van der Waals surface area contributed by atoms with Crippen molar-refractivity contribution in [2.24, 2.45) is 16.6 Å². The van der Waals surface area contributed by atoms with Gasteiger partial charge in [0.2, 0.25) is 0 Å². The second-order valence-electron chi connectivity index (χ2n) is 2.50. The minimum atomic E-state index is 0.422. The summed E-state index contributed by atoms with van der Waals surface area (Å²) in [6, 6.07) is 0.422. The summed E-state index contributed by atoms with van der Waals surface area (Å²) in [5.74, 6) is 1.80. The molecule has 9 heavy (non-hydrogen) atoms. The number of rotatable bonds is 0. The van der Waals surface area contributed by atoms with Crippen LogP contribution in [0, 0.1) is 5.92 Å². The molecule has 0 aromatic carbocycles. The fourth-order valence-corrected chi connectivity index (χ4v) is 1.67. The zero-order valence-corrected chi connectivity index (χ0v) is 6.61. The third-order valence-electron chi connectivity index (χ3n) is 1.65. The highest BCUT2D eigenvalue weighted by Gasteiger charge is 2.16. The van der Waals surface area contributed by atoms with Crippen molar-refractivity contribution in [1.29, 1.82) is 0 Å². The lowest BCUT2D eigenvalue weighted by atomic mass is 10.1. The molecule has 2 N–H and O–H groups in total. The first kappa shape index (κ1) is 6.93. The molecule has 1 aliphatic heterocycles. The lowest BCUT2D eigenvalue weighted by Gasteiger charge is -2.20. The zero-order chi connectivity index (χ0) is 6.85. The Bertz CT molecular complexity index is 133. The maximum Gasteiger partial charge on any atom is 0.154 e. The molecule has 0 aliphatic carbocycles. The molecule has 2 nitrogen and oxygen atoms in total. The Morgan fingerprint density at radius 3 is 2.78 bits per heavy atom. The van der Waals surface area contributed by atoms with Gasteiger partial charge in [0.05, 0.1) is 6.04 Å². The van der Waals surface area contributed by atoms with E-state index in [1.165, 1.54) is 0 Å². The molecule has 0 bridgehead atoms. The molecule has 0 amide bonds. The van der Waals surface area contributed by atoms with Crippen LogP contribution in [0.4, 0.5) is 0 Å². The monoisotopic (exact) mass is 144 g/mol. The minimum Gasteiger partial charge on any atom is -0.379 e. The van der Waals surface area contributed by atoms with Gasteiger partial charge in [-0.25, -0.2) is 0 Å². The van der Waals surface area contributed by atoms with Gasteiger partial charge in [0, 0.05) is 5.75 Å². The molecular weight excluding hydrogens is 132 g/mol. The van der Waals surface area contributed by atoms with E-state index in [0.717, 1.165) is 10.9 Å². The number of hydrogen-bond acceptors (Lipinski definition) is 3. The van der Waals surface area contributed by atoms with Gasteiger partial charge in [0.15, 0.2) is 5.17 Å². The first-order chi connectivity index (χ1) is 4.20. The molecule has 0 aromatic rings. The fraction of sp³-hybridized carbons (Fsp3) is 0.833. The largest absolute Gasteiger partial charge is 0.379 e. The summed E-state index contributed by atoms with van der Waals surface area (Å²) in [6.45, 7) is 4.31. The van der Waals surface area contributed by atoms with Crippen molar-refractivity contribution in [3.05, 3.63) is 0 Å². The van der Waals surface area contributed by atoms with E-state index in [1.54, 1.807) is 11.8 Å². The molecule has 2 atom stereocenters. The summed E-state index contributed by atoms with van der Waals surface area (Å²) in [4.78, 5) is 4.22. The molecule has 0 saturated heterocycles. The van der Waals surface area contributed by atoms with Crippen LogP contribution < -0.4 is 5.73 Å². The van der Waals surface area contributed by atoms with Crippen LogP contribution in [0.1, 0.15) is 13.8 Å².